The number of ether oxygens (including phenoxy) is 2. The Kier molecular flexibility index (Phi) is 2.76. The molecule has 0 N–H and O–H groups in total. The third-order valence-electron chi connectivity index (χ3n) is 3.94. The topological polar surface area (TPSA) is 18.5 Å². The van der Waals surface area contributed by atoms with E-state index in [0.717, 1.165) is 31.5 Å². The lowest BCUT2D eigenvalue weighted by Gasteiger charge is -2.44. The Bertz CT molecular complexity index is 424. The highest BCUT2D eigenvalue weighted by atomic mass is 16.5. The number of rotatable bonds is 0. The van der Waals surface area contributed by atoms with Gasteiger partial charge < -0.3 is 9.47 Å². The number of hydrogen-bond acceptors (Lipinski definition) is 2. The highest BCUT2D eigenvalue weighted by Crippen LogP contribution is 2.42. The molecule has 3 heteroatoms. The van der Waals surface area contributed by atoms with Gasteiger partial charge in [0.15, 0.2) is 0 Å². The van der Waals surface area contributed by atoms with Crippen molar-refractivity contribution in [1.82, 2.24) is 0 Å². The summed E-state index contributed by atoms with van der Waals surface area (Å²) in [6.45, 7) is 4.42. The molecule has 2 aliphatic rings. The van der Waals surface area contributed by atoms with E-state index in [-0.39, 0.29) is 5.60 Å². The maximum Gasteiger partial charge on any atom is 0.117 e. The second kappa shape index (κ2) is 4.15. The van der Waals surface area contributed by atoms with Crippen LogP contribution in [0.25, 0.3) is 0 Å². The molecule has 0 aliphatic carbocycles. The summed E-state index contributed by atoms with van der Waals surface area (Å²) in [6.07, 6.45) is 2.10. The number of hydrogen-bond donors (Lipinski definition) is 0. The van der Waals surface area contributed by atoms with E-state index in [1.165, 1.54) is 11.1 Å². The summed E-state index contributed by atoms with van der Waals surface area (Å²) in [5.41, 5.74) is 3.17. The van der Waals surface area contributed by atoms with Gasteiger partial charge in [-0.25, -0.2) is 0 Å². The van der Waals surface area contributed by atoms with Gasteiger partial charge in [-0.1, -0.05) is 30.6 Å². The molecule has 88 valence electrons. The average molecular weight is 228 g/mol. The smallest absolute Gasteiger partial charge is 0.117 e. The lowest BCUT2D eigenvalue weighted by atomic mass is 9.74. The molecule has 17 heavy (non-hydrogen) atoms. The summed E-state index contributed by atoms with van der Waals surface area (Å²) in [5, 5.41) is 0. The van der Waals surface area contributed by atoms with Crippen molar-refractivity contribution >= 4 is 13.3 Å². The molecule has 2 atom stereocenters. The highest BCUT2D eigenvalue weighted by Gasteiger charge is 2.41. The van der Waals surface area contributed by atoms with Crippen LogP contribution in [0.15, 0.2) is 18.2 Å². The summed E-state index contributed by atoms with van der Waals surface area (Å²) in [7, 11) is 6.13. The fraction of sp³-hybridized carbons (Fsp3) is 0.571. The van der Waals surface area contributed by atoms with Crippen LogP contribution in [0.4, 0.5) is 0 Å². The van der Waals surface area contributed by atoms with Gasteiger partial charge in [0.25, 0.3) is 0 Å². The normalized spacial score (nSPS) is 32.4. The van der Waals surface area contributed by atoms with Crippen molar-refractivity contribution in [3.8, 4) is 0 Å². The van der Waals surface area contributed by atoms with Gasteiger partial charge in [0.05, 0.1) is 13.2 Å². The predicted octanol–water partition coefficient (Wildman–Crippen LogP) is 1.62. The first-order valence-electron chi connectivity index (χ1n) is 6.33. The lowest BCUT2D eigenvalue weighted by molar-refractivity contribution is -0.145. The first kappa shape index (κ1) is 11.3. The molecule has 2 heterocycles. The Morgan fingerprint density at radius 1 is 1.41 bits per heavy atom. The Balaban J connectivity index is 2.11. The average Bonchev–Trinajstić information content (AvgIpc) is 2.36. The molecule has 1 aromatic rings. The van der Waals surface area contributed by atoms with Crippen LogP contribution in [0.2, 0.25) is 0 Å². The molecule has 0 amide bonds. The van der Waals surface area contributed by atoms with E-state index in [0.29, 0.717) is 12.5 Å². The zero-order valence-electron chi connectivity index (χ0n) is 10.2. The molecule has 1 saturated heterocycles. The van der Waals surface area contributed by atoms with Crippen molar-refractivity contribution in [2.75, 3.05) is 19.8 Å². The quantitative estimate of drug-likeness (QED) is 0.628. The van der Waals surface area contributed by atoms with Crippen LogP contribution in [-0.4, -0.2) is 27.7 Å². The van der Waals surface area contributed by atoms with Gasteiger partial charge in [0.2, 0.25) is 0 Å². The van der Waals surface area contributed by atoms with Crippen molar-refractivity contribution in [2.24, 2.45) is 0 Å². The van der Waals surface area contributed by atoms with Crippen LogP contribution in [0.1, 0.15) is 36.8 Å². The van der Waals surface area contributed by atoms with E-state index in [4.69, 9.17) is 17.3 Å². The Hall–Kier alpha value is -0.795. The minimum atomic E-state index is -0.241. The van der Waals surface area contributed by atoms with Gasteiger partial charge in [-0.15, -0.1) is 0 Å². The van der Waals surface area contributed by atoms with Crippen molar-refractivity contribution in [3.05, 3.63) is 29.3 Å². The Morgan fingerprint density at radius 3 is 3.06 bits per heavy atom. The molecule has 1 aromatic carbocycles. The summed E-state index contributed by atoms with van der Waals surface area (Å²) >= 11 is 0. The van der Waals surface area contributed by atoms with Gasteiger partial charge in [-0.2, -0.15) is 0 Å². The third-order valence-corrected chi connectivity index (χ3v) is 3.94. The minimum absolute atomic E-state index is 0.241. The van der Waals surface area contributed by atoms with Crippen molar-refractivity contribution in [3.63, 3.8) is 0 Å². The molecule has 0 unspecified atom stereocenters. The highest BCUT2D eigenvalue weighted by molar-refractivity contribution is 6.33. The van der Waals surface area contributed by atoms with Crippen LogP contribution in [0.3, 0.4) is 0 Å². The fourth-order valence-corrected chi connectivity index (χ4v) is 3.07. The molecule has 0 bridgehead atoms. The molecule has 1 fully saturated rings. The van der Waals surface area contributed by atoms with Gasteiger partial charge in [-0.05, 0) is 24.0 Å². The number of fused-ring (bicyclic) bond motifs is 2. The summed E-state index contributed by atoms with van der Waals surface area (Å²) in [5.74, 6) is 0.374. The Labute approximate surface area is 104 Å². The second-order valence-corrected chi connectivity index (χ2v) is 5.17. The van der Waals surface area contributed by atoms with Gasteiger partial charge in [0, 0.05) is 12.5 Å². The summed E-state index contributed by atoms with van der Waals surface area (Å²) in [4.78, 5) is 0. The van der Waals surface area contributed by atoms with E-state index in [1.54, 1.807) is 0 Å². The Morgan fingerprint density at radius 2 is 2.29 bits per heavy atom. The second-order valence-electron chi connectivity index (χ2n) is 5.17. The standard InChI is InChI=1S/C14H17BO2/c1-10-8-17-14(6-3-7-16-9-14)11-4-2-5-12(15)13(10)11/h2,4-5,10H,3,6-9H2,1H3/t10-,14-/m1/s1. The van der Waals surface area contributed by atoms with E-state index in [1.807, 2.05) is 12.1 Å². The van der Waals surface area contributed by atoms with Gasteiger partial charge in [0.1, 0.15) is 13.4 Å². The van der Waals surface area contributed by atoms with Crippen molar-refractivity contribution < 1.29 is 9.47 Å². The summed E-state index contributed by atoms with van der Waals surface area (Å²) in [6, 6.07) is 6.15. The zero-order chi connectivity index (χ0) is 11.9. The van der Waals surface area contributed by atoms with Crippen LogP contribution in [0.5, 0.6) is 0 Å². The molecule has 3 rings (SSSR count). The lowest BCUT2D eigenvalue weighted by Crippen LogP contribution is -2.45. The van der Waals surface area contributed by atoms with Crippen LogP contribution < -0.4 is 5.46 Å². The predicted molar refractivity (Wildman–Crippen MR) is 67.9 cm³/mol. The maximum atomic E-state index is 6.13. The first-order chi connectivity index (χ1) is 8.23. The van der Waals surface area contributed by atoms with Crippen LogP contribution in [0, 0.1) is 0 Å². The molecular formula is C14H17BO2. The van der Waals surface area contributed by atoms with E-state index in [9.17, 15) is 0 Å². The zero-order valence-corrected chi connectivity index (χ0v) is 10.2. The number of benzene rings is 1. The SMILES string of the molecule is [B]c1cccc2c1[C@H](C)CO[C@@]21CCCOC1. The largest absolute Gasteiger partial charge is 0.378 e. The molecule has 0 aromatic heterocycles. The van der Waals surface area contributed by atoms with Gasteiger partial charge in [-0.3, -0.25) is 0 Å². The van der Waals surface area contributed by atoms with Crippen LogP contribution in [-0.2, 0) is 15.1 Å². The van der Waals surface area contributed by atoms with Crippen molar-refractivity contribution in [2.45, 2.75) is 31.3 Å². The van der Waals surface area contributed by atoms with E-state index in [2.05, 4.69) is 13.0 Å². The van der Waals surface area contributed by atoms with Gasteiger partial charge >= 0.3 is 0 Å². The molecule has 0 saturated carbocycles. The maximum absolute atomic E-state index is 6.13. The molecular weight excluding hydrogens is 211 g/mol. The van der Waals surface area contributed by atoms with Crippen LogP contribution >= 0.6 is 0 Å². The molecule has 2 aliphatic heterocycles. The fourth-order valence-electron chi connectivity index (χ4n) is 3.07. The molecule has 2 nitrogen and oxygen atoms in total. The van der Waals surface area contributed by atoms with Crippen molar-refractivity contribution in [1.29, 1.82) is 0 Å². The van der Waals surface area contributed by atoms with E-state index >= 15 is 0 Å². The monoisotopic (exact) mass is 228 g/mol. The summed E-state index contributed by atoms with van der Waals surface area (Å²) < 4.78 is 11.7. The third kappa shape index (κ3) is 1.72. The van der Waals surface area contributed by atoms with E-state index < -0.39 is 0 Å². The molecule has 2 radical (unpaired) electrons. The minimum Gasteiger partial charge on any atom is -0.378 e. The first-order valence-corrected chi connectivity index (χ1v) is 6.33. The molecule has 1 spiro atoms.